The number of nitrogens with two attached hydrogens (primary N) is 1. The van der Waals surface area contributed by atoms with E-state index >= 15 is 0 Å². The Morgan fingerprint density at radius 1 is 1.33 bits per heavy atom. The fourth-order valence-corrected chi connectivity index (χ4v) is 1.68. The number of carboxylic acids is 1. The lowest BCUT2D eigenvalue weighted by Gasteiger charge is -2.14. The molecule has 7 heteroatoms. The van der Waals surface area contributed by atoms with Gasteiger partial charge in [0.15, 0.2) is 0 Å². The molecule has 0 saturated heterocycles. The van der Waals surface area contributed by atoms with Crippen molar-refractivity contribution < 1.29 is 19.5 Å². The summed E-state index contributed by atoms with van der Waals surface area (Å²) in [7, 11) is 1.52. The second-order valence-corrected chi connectivity index (χ2v) is 4.64. The van der Waals surface area contributed by atoms with E-state index in [9.17, 15) is 14.4 Å². The number of carbonyl (C=O) groups excluding carboxylic acids is 2. The van der Waals surface area contributed by atoms with Crippen molar-refractivity contribution >= 4 is 23.5 Å². The van der Waals surface area contributed by atoms with E-state index in [2.05, 4.69) is 10.6 Å². The number of carboxylic acid groups (broad SMARTS) is 1. The first kappa shape index (κ1) is 16.6. The number of hydrogen-bond donors (Lipinski definition) is 4. The molecule has 114 valence electrons. The van der Waals surface area contributed by atoms with Crippen molar-refractivity contribution in [1.82, 2.24) is 5.32 Å². The highest BCUT2D eigenvalue weighted by atomic mass is 16.4. The van der Waals surface area contributed by atoms with Crippen LogP contribution >= 0.6 is 0 Å². The predicted octanol–water partition coefficient (Wildman–Crippen LogP) is 0.485. The van der Waals surface area contributed by atoms with Crippen LogP contribution in [0.2, 0.25) is 0 Å². The molecular weight excluding hydrogens is 274 g/mol. The van der Waals surface area contributed by atoms with Gasteiger partial charge in [-0.3, -0.25) is 14.4 Å². The van der Waals surface area contributed by atoms with Gasteiger partial charge in [0.05, 0.1) is 6.04 Å². The summed E-state index contributed by atoms with van der Waals surface area (Å²) in [4.78, 5) is 33.9. The first-order chi connectivity index (χ1) is 9.85. The molecule has 1 aromatic carbocycles. The number of benzene rings is 1. The molecule has 0 aliphatic carbocycles. The van der Waals surface area contributed by atoms with Crippen LogP contribution in [-0.2, 0) is 9.59 Å². The van der Waals surface area contributed by atoms with Crippen LogP contribution in [-0.4, -0.2) is 36.0 Å². The highest BCUT2D eigenvalue weighted by Gasteiger charge is 2.16. The quantitative estimate of drug-likeness (QED) is 0.608. The van der Waals surface area contributed by atoms with Crippen molar-refractivity contribution in [2.24, 2.45) is 5.73 Å². The summed E-state index contributed by atoms with van der Waals surface area (Å²) in [6, 6.07) is 4.00. The van der Waals surface area contributed by atoms with Crippen molar-refractivity contribution in [3.63, 3.8) is 0 Å². The summed E-state index contributed by atoms with van der Waals surface area (Å²) in [5.41, 5.74) is 7.30. The molecule has 0 aromatic heterocycles. The molecule has 0 saturated carbocycles. The lowest BCUT2D eigenvalue weighted by Crippen LogP contribution is -2.36. The molecule has 0 aliphatic heterocycles. The Morgan fingerprint density at radius 3 is 2.57 bits per heavy atom. The van der Waals surface area contributed by atoms with Gasteiger partial charge in [0.1, 0.15) is 0 Å². The lowest BCUT2D eigenvalue weighted by atomic mass is 10.1. The van der Waals surface area contributed by atoms with E-state index in [1.165, 1.54) is 7.05 Å². The van der Waals surface area contributed by atoms with Gasteiger partial charge in [-0.25, -0.2) is 0 Å². The number of nitrogens with one attached hydrogen (secondary N) is 2. The zero-order chi connectivity index (χ0) is 16.0. The number of hydrogen-bond acceptors (Lipinski definition) is 4. The average Bonchev–Trinajstić information content (AvgIpc) is 2.45. The maximum Gasteiger partial charge on any atom is 0.303 e. The minimum absolute atomic E-state index is 0.0509. The fraction of sp³-hybridized carbons (Fsp3) is 0.357. The molecular formula is C14H19N3O4. The molecule has 2 amide bonds. The summed E-state index contributed by atoms with van der Waals surface area (Å²) in [5, 5.41) is 13.7. The predicted molar refractivity (Wildman–Crippen MR) is 78.0 cm³/mol. The molecule has 1 rings (SSSR count). The van der Waals surface area contributed by atoms with Crippen molar-refractivity contribution in [1.29, 1.82) is 0 Å². The van der Waals surface area contributed by atoms with Crippen molar-refractivity contribution in [3.05, 3.63) is 29.3 Å². The number of aryl methyl sites for hydroxylation is 1. The van der Waals surface area contributed by atoms with Crippen molar-refractivity contribution in [3.8, 4) is 0 Å². The molecule has 0 radical (unpaired) electrons. The van der Waals surface area contributed by atoms with Crippen LogP contribution in [0.4, 0.5) is 5.69 Å². The Balaban J connectivity index is 2.79. The zero-order valence-electron chi connectivity index (χ0n) is 12.0. The van der Waals surface area contributed by atoms with Gasteiger partial charge in [0, 0.05) is 24.7 Å². The second kappa shape index (κ2) is 7.39. The van der Waals surface area contributed by atoms with Crippen LogP contribution in [0.5, 0.6) is 0 Å². The zero-order valence-corrected chi connectivity index (χ0v) is 12.0. The average molecular weight is 293 g/mol. The van der Waals surface area contributed by atoms with E-state index < -0.39 is 17.9 Å². The van der Waals surface area contributed by atoms with Crippen LogP contribution in [0.25, 0.3) is 0 Å². The van der Waals surface area contributed by atoms with Crippen molar-refractivity contribution in [2.45, 2.75) is 25.8 Å². The molecule has 0 aliphatic rings. The van der Waals surface area contributed by atoms with Crippen LogP contribution in [0, 0.1) is 6.92 Å². The Morgan fingerprint density at radius 2 is 2.00 bits per heavy atom. The molecule has 1 aromatic rings. The van der Waals surface area contributed by atoms with E-state index in [1.807, 2.05) is 0 Å². The highest BCUT2D eigenvalue weighted by molar-refractivity contribution is 5.99. The highest BCUT2D eigenvalue weighted by Crippen LogP contribution is 2.17. The fourth-order valence-electron chi connectivity index (χ4n) is 1.68. The van der Waals surface area contributed by atoms with E-state index in [1.54, 1.807) is 25.1 Å². The van der Waals surface area contributed by atoms with Gasteiger partial charge in [-0.2, -0.15) is 0 Å². The number of aliphatic carboxylic acids is 1. The number of rotatable bonds is 6. The Kier molecular flexibility index (Phi) is 5.86. The first-order valence-electron chi connectivity index (χ1n) is 6.46. The Labute approximate surface area is 122 Å². The lowest BCUT2D eigenvalue weighted by molar-refractivity contribution is -0.137. The summed E-state index contributed by atoms with van der Waals surface area (Å²) in [6.07, 6.45) is -0.124. The number of anilines is 1. The van der Waals surface area contributed by atoms with Crippen LogP contribution in [0.3, 0.4) is 0 Å². The number of amides is 2. The van der Waals surface area contributed by atoms with Crippen LogP contribution in [0.1, 0.15) is 28.8 Å². The third-order valence-electron chi connectivity index (χ3n) is 2.99. The Hall–Kier alpha value is -2.41. The third-order valence-corrected chi connectivity index (χ3v) is 2.99. The van der Waals surface area contributed by atoms with Crippen molar-refractivity contribution in [2.75, 3.05) is 12.4 Å². The SMILES string of the molecule is CNC(=O)c1ccc(C)c(NC(=O)C(N)CCC(=O)O)c1. The molecule has 21 heavy (non-hydrogen) atoms. The normalized spacial score (nSPS) is 11.6. The van der Waals surface area contributed by atoms with Gasteiger partial charge in [-0.05, 0) is 31.0 Å². The maximum atomic E-state index is 11.9. The summed E-state index contributed by atoms with van der Waals surface area (Å²) in [6.45, 7) is 1.78. The molecule has 0 bridgehead atoms. The maximum absolute atomic E-state index is 11.9. The molecule has 0 fully saturated rings. The monoisotopic (exact) mass is 293 g/mol. The molecule has 1 unspecified atom stereocenters. The van der Waals surface area contributed by atoms with E-state index in [0.29, 0.717) is 11.3 Å². The molecule has 7 nitrogen and oxygen atoms in total. The van der Waals surface area contributed by atoms with Gasteiger partial charge in [0.25, 0.3) is 5.91 Å². The van der Waals surface area contributed by atoms with E-state index in [4.69, 9.17) is 10.8 Å². The van der Waals surface area contributed by atoms with Gasteiger partial charge in [-0.1, -0.05) is 6.07 Å². The molecule has 0 heterocycles. The summed E-state index contributed by atoms with van der Waals surface area (Å²) in [5.74, 6) is -1.75. The Bertz CT molecular complexity index is 557. The minimum Gasteiger partial charge on any atom is -0.481 e. The molecule has 5 N–H and O–H groups in total. The summed E-state index contributed by atoms with van der Waals surface area (Å²) >= 11 is 0. The van der Waals surface area contributed by atoms with Gasteiger partial charge >= 0.3 is 5.97 Å². The standard InChI is InChI=1S/C14H19N3O4/c1-8-3-4-9(13(20)16-2)7-11(8)17-14(21)10(15)5-6-12(18)19/h3-4,7,10H,5-6,15H2,1-2H3,(H,16,20)(H,17,21)(H,18,19). The number of carbonyl (C=O) groups is 3. The van der Waals surface area contributed by atoms with Gasteiger partial charge in [-0.15, -0.1) is 0 Å². The smallest absolute Gasteiger partial charge is 0.303 e. The van der Waals surface area contributed by atoms with Crippen LogP contribution < -0.4 is 16.4 Å². The second-order valence-electron chi connectivity index (χ2n) is 4.64. The van der Waals surface area contributed by atoms with Gasteiger partial charge < -0.3 is 21.5 Å². The van der Waals surface area contributed by atoms with Gasteiger partial charge in [0.2, 0.25) is 5.91 Å². The topological polar surface area (TPSA) is 122 Å². The summed E-state index contributed by atoms with van der Waals surface area (Å²) < 4.78 is 0. The molecule has 1 atom stereocenters. The third kappa shape index (κ3) is 4.88. The van der Waals surface area contributed by atoms with E-state index in [-0.39, 0.29) is 18.7 Å². The van der Waals surface area contributed by atoms with E-state index in [0.717, 1.165) is 5.56 Å². The largest absolute Gasteiger partial charge is 0.481 e. The van der Waals surface area contributed by atoms with Crippen LogP contribution in [0.15, 0.2) is 18.2 Å². The molecule has 0 spiro atoms. The first-order valence-corrected chi connectivity index (χ1v) is 6.46. The minimum atomic E-state index is -1.00.